The molecule has 0 aliphatic carbocycles. The van der Waals surface area contributed by atoms with E-state index in [1.807, 2.05) is 50.2 Å². The molecule has 1 amide bonds. The molecule has 0 saturated heterocycles. The Kier molecular flexibility index (Phi) is 4.53. The second-order valence-corrected chi connectivity index (χ2v) is 5.03. The second-order valence-electron chi connectivity index (χ2n) is 5.03. The van der Waals surface area contributed by atoms with Crippen LogP contribution in [-0.2, 0) is 13.1 Å². The number of carbonyl (C=O) groups excluding carboxylic acids is 1. The smallest absolute Gasteiger partial charge is 0.251 e. The number of benzene rings is 2. The summed E-state index contributed by atoms with van der Waals surface area (Å²) in [5, 5.41) is 2.95. The molecule has 3 heteroatoms. The SMILES string of the molecule is Cc1cc(C)cc(C(=O)NCc2ccccc2CN)c1. The van der Waals surface area contributed by atoms with E-state index < -0.39 is 0 Å². The summed E-state index contributed by atoms with van der Waals surface area (Å²) in [6.07, 6.45) is 0. The minimum absolute atomic E-state index is 0.0522. The molecule has 20 heavy (non-hydrogen) atoms. The van der Waals surface area contributed by atoms with Crippen molar-refractivity contribution in [2.45, 2.75) is 26.9 Å². The third-order valence-electron chi connectivity index (χ3n) is 3.26. The maximum absolute atomic E-state index is 12.2. The van der Waals surface area contributed by atoms with Gasteiger partial charge in [0.15, 0.2) is 0 Å². The highest BCUT2D eigenvalue weighted by molar-refractivity contribution is 5.94. The number of amides is 1. The van der Waals surface area contributed by atoms with E-state index in [9.17, 15) is 4.79 Å². The van der Waals surface area contributed by atoms with Crippen LogP contribution in [0.2, 0.25) is 0 Å². The third kappa shape index (κ3) is 3.45. The summed E-state index contributed by atoms with van der Waals surface area (Å²) in [6, 6.07) is 13.7. The van der Waals surface area contributed by atoms with Gasteiger partial charge in [-0.3, -0.25) is 4.79 Å². The first kappa shape index (κ1) is 14.3. The van der Waals surface area contributed by atoms with E-state index >= 15 is 0 Å². The summed E-state index contributed by atoms with van der Waals surface area (Å²) in [5.41, 5.74) is 10.7. The normalized spacial score (nSPS) is 10.3. The van der Waals surface area contributed by atoms with Crippen LogP contribution in [0.15, 0.2) is 42.5 Å². The average molecular weight is 268 g/mol. The van der Waals surface area contributed by atoms with Crippen molar-refractivity contribution in [3.05, 3.63) is 70.3 Å². The summed E-state index contributed by atoms with van der Waals surface area (Å²) in [4.78, 5) is 12.2. The molecule has 3 N–H and O–H groups in total. The van der Waals surface area contributed by atoms with Crippen LogP contribution >= 0.6 is 0 Å². The minimum atomic E-state index is -0.0522. The van der Waals surface area contributed by atoms with Gasteiger partial charge in [-0.2, -0.15) is 0 Å². The maximum Gasteiger partial charge on any atom is 0.251 e. The Balaban J connectivity index is 2.08. The number of hydrogen-bond acceptors (Lipinski definition) is 2. The molecule has 3 nitrogen and oxygen atoms in total. The van der Waals surface area contributed by atoms with Gasteiger partial charge < -0.3 is 11.1 Å². The lowest BCUT2D eigenvalue weighted by Crippen LogP contribution is -2.23. The number of nitrogens with two attached hydrogens (primary N) is 1. The molecule has 2 rings (SSSR count). The van der Waals surface area contributed by atoms with Crippen LogP contribution in [0.5, 0.6) is 0 Å². The summed E-state index contributed by atoms with van der Waals surface area (Å²) in [5.74, 6) is -0.0522. The number of rotatable bonds is 4. The van der Waals surface area contributed by atoms with E-state index in [0.717, 1.165) is 22.3 Å². The fourth-order valence-electron chi connectivity index (χ4n) is 2.31. The second kappa shape index (κ2) is 6.35. The van der Waals surface area contributed by atoms with Gasteiger partial charge in [0.05, 0.1) is 0 Å². The van der Waals surface area contributed by atoms with Gasteiger partial charge in [-0.15, -0.1) is 0 Å². The molecule has 0 aliphatic heterocycles. The van der Waals surface area contributed by atoms with Crippen molar-refractivity contribution < 1.29 is 4.79 Å². The third-order valence-corrected chi connectivity index (χ3v) is 3.26. The van der Waals surface area contributed by atoms with E-state index in [2.05, 4.69) is 11.4 Å². The lowest BCUT2D eigenvalue weighted by Gasteiger charge is -2.10. The molecule has 0 aromatic heterocycles. The molecule has 0 bridgehead atoms. The Bertz CT molecular complexity index is 600. The highest BCUT2D eigenvalue weighted by atomic mass is 16.1. The van der Waals surface area contributed by atoms with Crippen molar-refractivity contribution in [3.63, 3.8) is 0 Å². The molecular weight excluding hydrogens is 248 g/mol. The maximum atomic E-state index is 12.2. The van der Waals surface area contributed by atoms with Gasteiger partial charge in [-0.05, 0) is 37.1 Å². The quantitative estimate of drug-likeness (QED) is 0.895. The van der Waals surface area contributed by atoms with E-state index in [-0.39, 0.29) is 5.91 Å². The zero-order chi connectivity index (χ0) is 14.5. The lowest BCUT2D eigenvalue weighted by molar-refractivity contribution is 0.0950. The summed E-state index contributed by atoms with van der Waals surface area (Å²) < 4.78 is 0. The first-order valence-electron chi connectivity index (χ1n) is 6.73. The largest absolute Gasteiger partial charge is 0.348 e. The van der Waals surface area contributed by atoms with Gasteiger partial charge in [-0.1, -0.05) is 41.5 Å². The highest BCUT2D eigenvalue weighted by Crippen LogP contribution is 2.10. The summed E-state index contributed by atoms with van der Waals surface area (Å²) >= 11 is 0. The first-order chi connectivity index (χ1) is 9.60. The Labute approximate surface area is 119 Å². The van der Waals surface area contributed by atoms with Gasteiger partial charge >= 0.3 is 0 Å². The number of hydrogen-bond donors (Lipinski definition) is 2. The molecular formula is C17H20N2O. The number of aryl methyl sites for hydroxylation is 2. The minimum Gasteiger partial charge on any atom is -0.348 e. The van der Waals surface area contributed by atoms with Crippen LogP contribution < -0.4 is 11.1 Å². The van der Waals surface area contributed by atoms with Crippen LogP contribution in [0.4, 0.5) is 0 Å². The van der Waals surface area contributed by atoms with Gasteiger partial charge in [0.1, 0.15) is 0 Å². The first-order valence-corrected chi connectivity index (χ1v) is 6.73. The Hall–Kier alpha value is -2.13. The van der Waals surface area contributed by atoms with Gasteiger partial charge in [-0.25, -0.2) is 0 Å². The van der Waals surface area contributed by atoms with Crippen molar-refractivity contribution in [1.82, 2.24) is 5.32 Å². The van der Waals surface area contributed by atoms with Crippen molar-refractivity contribution in [1.29, 1.82) is 0 Å². The predicted octanol–water partition coefficient (Wildman–Crippen LogP) is 2.69. The molecule has 0 heterocycles. The van der Waals surface area contributed by atoms with Crippen LogP contribution in [0.1, 0.15) is 32.6 Å². The molecule has 0 aliphatic rings. The van der Waals surface area contributed by atoms with Crippen LogP contribution in [-0.4, -0.2) is 5.91 Å². The molecule has 2 aromatic rings. The molecule has 0 unspecified atom stereocenters. The standard InChI is InChI=1S/C17H20N2O/c1-12-7-13(2)9-16(8-12)17(20)19-11-15-6-4-3-5-14(15)10-18/h3-9H,10-11,18H2,1-2H3,(H,19,20). The molecule has 0 radical (unpaired) electrons. The van der Waals surface area contributed by atoms with Gasteiger partial charge in [0, 0.05) is 18.7 Å². The highest BCUT2D eigenvalue weighted by Gasteiger charge is 2.07. The summed E-state index contributed by atoms with van der Waals surface area (Å²) in [7, 11) is 0. The molecule has 0 atom stereocenters. The topological polar surface area (TPSA) is 55.1 Å². The molecule has 0 spiro atoms. The van der Waals surface area contributed by atoms with Gasteiger partial charge in [0.25, 0.3) is 5.91 Å². The monoisotopic (exact) mass is 268 g/mol. The Morgan fingerprint density at radius 1 is 1.05 bits per heavy atom. The van der Waals surface area contributed by atoms with Crippen LogP contribution in [0.25, 0.3) is 0 Å². The van der Waals surface area contributed by atoms with E-state index in [1.165, 1.54) is 0 Å². The zero-order valence-electron chi connectivity index (χ0n) is 11.9. The Morgan fingerprint density at radius 2 is 1.65 bits per heavy atom. The number of nitrogens with one attached hydrogen (secondary N) is 1. The molecule has 2 aromatic carbocycles. The van der Waals surface area contributed by atoms with E-state index in [4.69, 9.17) is 5.73 Å². The van der Waals surface area contributed by atoms with Crippen molar-refractivity contribution >= 4 is 5.91 Å². The number of carbonyl (C=O) groups is 1. The van der Waals surface area contributed by atoms with Crippen LogP contribution in [0.3, 0.4) is 0 Å². The fourth-order valence-corrected chi connectivity index (χ4v) is 2.31. The summed E-state index contributed by atoms with van der Waals surface area (Å²) in [6.45, 7) is 4.97. The van der Waals surface area contributed by atoms with Crippen LogP contribution in [0, 0.1) is 13.8 Å². The molecule has 0 fully saturated rings. The van der Waals surface area contributed by atoms with Gasteiger partial charge in [0.2, 0.25) is 0 Å². The van der Waals surface area contributed by atoms with Crippen molar-refractivity contribution in [2.24, 2.45) is 5.73 Å². The average Bonchev–Trinajstić information content (AvgIpc) is 2.44. The van der Waals surface area contributed by atoms with E-state index in [1.54, 1.807) is 0 Å². The molecule has 104 valence electrons. The fraction of sp³-hybridized carbons (Fsp3) is 0.235. The Morgan fingerprint density at radius 3 is 2.25 bits per heavy atom. The van der Waals surface area contributed by atoms with E-state index in [0.29, 0.717) is 18.7 Å². The molecule has 0 saturated carbocycles. The predicted molar refractivity (Wildman–Crippen MR) is 81.4 cm³/mol. The van der Waals surface area contributed by atoms with Crippen molar-refractivity contribution in [3.8, 4) is 0 Å². The zero-order valence-corrected chi connectivity index (χ0v) is 11.9. The lowest BCUT2D eigenvalue weighted by atomic mass is 10.1. The van der Waals surface area contributed by atoms with Crippen molar-refractivity contribution in [2.75, 3.05) is 0 Å².